The molecular formula is C13H22N2O4S. The van der Waals surface area contributed by atoms with Crippen LogP contribution in [-0.4, -0.2) is 46.4 Å². The van der Waals surface area contributed by atoms with Crippen LogP contribution in [-0.2, 0) is 14.8 Å². The SMILES string of the molecule is CCNS(=O)(=O)c1ccc(NC(CCO)COC)cc1. The van der Waals surface area contributed by atoms with Crippen molar-refractivity contribution in [2.45, 2.75) is 24.3 Å². The molecule has 0 amide bonds. The molecule has 7 heteroatoms. The Bertz CT molecular complexity index is 482. The topological polar surface area (TPSA) is 87.7 Å². The van der Waals surface area contributed by atoms with Gasteiger partial charge in [-0.1, -0.05) is 6.92 Å². The molecule has 1 unspecified atom stereocenters. The zero-order chi connectivity index (χ0) is 15.0. The fourth-order valence-electron chi connectivity index (χ4n) is 1.79. The molecule has 0 aromatic heterocycles. The number of rotatable bonds is 9. The van der Waals surface area contributed by atoms with Crippen molar-refractivity contribution in [3.8, 4) is 0 Å². The van der Waals surface area contributed by atoms with E-state index in [9.17, 15) is 8.42 Å². The van der Waals surface area contributed by atoms with Crippen LogP contribution in [0.15, 0.2) is 29.2 Å². The summed E-state index contributed by atoms with van der Waals surface area (Å²) in [5, 5.41) is 12.2. The lowest BCUT2D eigenvalue weighted by Gasteiger charge is -2.18. The molecule has 0 bridgehead atoms. The molecule has 0 fully saturated rings. The number of anilines is 1. The lowest BCUT2D eigenvalue weighted by molar-refractivity contribution is 0.170. The Kier molecular flexibility index (Phi) is 6.94. The molecule has 0 saturated carbocycles. The Morgan fingerprint density at radius 3 is 2.45 bits per heavy atom. The van der Waals surface area contributed by atoms with E-state index < -0.39 is 10.0 Å². The van der Waals surface area contributed by atoms with E-state index in [2.05, 4.69) is 10.0 Å². The molecule has 3 N–H and O–H groups in total. The quantitative estimate of drug-likeness (QED) is 0.628. The van der Waals surface area contributed by atoms with Gasteiger partial charge in [-0.25, -0.2) is 13.1 Å². The number of sulfonamides is 1. The molecule has 0 radical (unpaired) electrons. The monoisotopic (exact) mass is 302 g/mol. The van der Waals surface area contributed by atoms with Gasteiger partial charge < -0.3 is 15.2 Å². The second-order valence-corrected chi connectivity index (χ2v) is 6.10. The number of benzene rings is 1. The van der Waals surface area contributed by atoms with Gasteiger partial charge >= 0.3 is 0 Å². The first-order valence-corrected chi connectivity index (χ1v) is 7.98. The number of aliphatic hydroxyl groups excluding tert-OH is 1. The third-order valence-corrected chi connectivity index (χ3v) is 4.28. The summed E-state index contributed by atoms with van der Waals surface area (Å²) in [6.45, 7) is 2.62. The van der Waals surface area contributed by atoms with Crippen molar-refractivity contribution in [2.24, 2.45) is 0 Å². The van der Waals surface area contributed by atoms with Crippen molar-refractivity contribution >= 4 is 15.7 Å². The molecule has 0 spiro atoms. The fraction of sp³-hybridized carbons (Fsp3) is 0.538. The molecule has 114 valence electrons. The minimum Gasteiger partial charge on any atom is -0.396 e. The summed E-state index contributed by atoms with van der Waals surface area (Å²) < 4.78 is 31.1. The van der Waals surface area contributed by atoms with Crippen LogP contribution in [0, 0.1) is 0 Å². The van der Waals surface area contributed by atoms with E-state index in [4.69, 9.17) is 9.84 Å². The van der Waals surface area contributed by atoms with Gasteiger partial charge in [0.15, 0.2) is 0 Å². The van der Waals surface area contributed by atoms with E-state index in [-0.39, 0.29) is 17.5 Å². The predicted molar refractivity (Wildman–Crippen MR) is 78.3 cm³/mol. The third-order valence-electron chi connectivity index (χ3n) is 2.72. The molecule has 0 aliphatic heterocycles. The second-order valence-electron chi connectivity index (χ2n) is 4.33. The van der Waals surface area contributed by atoms with Gasteiger partial charge in [-0.05, 0) is 30.7 Å². The molecule has 0 saturated heterocycles. The van der Waals surface area contributed by atoms with Crippen LogP contribution >= 0.6 is 0 Å². The minimum atomic E-state index is -3.42. The lowest BCUT2D eigenvalue weighted by Crippen LogP contribution is -2.26. The summed E-state index contributed by atoms with van der Waals surface area (Å²) in [5.74, 6) is 0. The van der Waals surface area contributed by atoms with Crippen LogP contribution in [0.25, 0.3) is 0 Å². The molecular weight excluding hydrogens is 280 g/mol. The highest BCUT2D eigenvalue weighted by atomic mass is 32.2. The van der Waals surface area contributed by atoms with Gasteiger partial charge in [0.05, 0.1) is 17.5 Å². The number of hydrogen-bond acceptors (Lipinski definition) is 5. The summed E-state index contributed by atoms with van der Waals surface area (Å²) in [7, 11) is -1.82. The summed E-state index contributed by atoms with van der Waals surface area (Å²) >= 11 is 0. The molecule has 1 aromatic rings. The lowest BCUT2D eigenvalue weighted by atomic mass is 10.2. The molecule has 1 aromatic carbocycles. The number of aliphatic hydroxyl groups is 1. The van der Waals surface area contributed by atoms with E-state index in [1.54, 1.807) is 38.3 Å². The zero-order valence-electron chi connectivity index (χ0n) is 11.8. The standard InChI is InChI=1S/C13H22N2O4S/c1-3-14-20(17,18)13-6-4-11(5-7-13)15-12(8-9-16)10-19-2/h4-7,12,14-16H,3,8-10H2,1-2H3. The molecule has 6 nitrogen and oxygen atoms in total. The largest absolute Gasteiger partial charge is 0.396 e. The van der Waals surface area contributed by atoms with Crippen molar-refractivity contribution in [1.82, 2.24) is 4.72 Å². The van der Waals surface area contributed by atoms with Crippen LogP contribution in [0.3, 0.4) is 0 Å². The van der Waals surface area contributed by atoms with E-state index in [0.29, 0.717) is 19.6 Å². The Hall–Kier alpha value is -1.15. The predicted octanol–water partition coefficient (Wildman–Crippen LogP) is 0.794. The summed E-state index contributed by atoms with van der Waals surface area (Å²) in [6, 6.07) is 6.47. The van der Waals surface area contributed by atoms with Gasteiger partial charge in [0.2, 0.25) is 10.0 Å². The molecule has 1 rings (SSSR count). The number of nitrogens with one attached hydrogen (secondary N) is 2. The zero-order valence-corrected chi connectivity index (χ0v) is 12.6. The van der Waals surface area contributed by atoms with Crippen LogP contribution in [0.2, 0.25) is 0 Å². The Labute approximate surface area is 120 Å². The van der Waals surface area contributed by atoms with E-state index in [0.717, 1.165) is 5.69 Å². The maximum absolute atomic E-state index is 11.8. The molecule has 0 aliphatic carbocycles. The summed E-state index contributed by atoms with van der Waals surface area (Å²) in [5.41, 5.74) is 0.788. The third kappa shape index (κ3) is 5.09. The van der Waals surface area contributed by atoms with Gasteiger partial charge in [0, 0.05) is 25.9 Å². The van der Waals surface area contributed by atoms with E-state index in [1.165, 1.54) is 0 Å². The van der Waals surface area contributed by atoms with Gasteiger partial charge in [0.25, 0.3) is 0 Å². The maximum Gasteiger partial charge on any atom is 0.240 e. The van der Waals surface area contributed by atoms with Crippen molar-refractivity contribution in [3.05, 3.63) is 24.3 Å². The smallest absolute Gasteiger partial charge is 0.240 e. The number of methoxy groups -OCH3 is 1. The van der Waals surface area contributed by atoms with E-state index in [1.807, 2.05) is 0 Å². The van der Waals surface area contributed by atoms with Crippen molar-refractivity contribution in [3.63, 3.8) is 0 Å². The Balaban J connectivity index is 2.75. The van der Waals surface area contributed by atoms with Gasteiger partial charge in [-0.3, -0.25) is 0 Å². The van der Waals surface area contributed by atoms with Crippen LogP contribution in [0.1, 0.15) is 13.3 Å². The second kappa shape index (κ2) is 8.21. The first kappa shape index (κ1) is 16.9. The highest BCUT2D eigenvalue weighted by Gasteiger charge is 2.13. The first-order valence-electron chi connectivity index (χ1n) is 6.49. The van der Waals surface area contributed by atoms with Crippen LogP contribution in [0.4, 0.5) is 5.69 Å². The van der Waals surface area contributed by atoms with Gasteiger partial charge in [-0.2, -0.15) is 0 Å². The normalized spacial score (nSPS) is 13.2. The first-order chi connectivity index (χ1) is 9.53. The maximum atomic E-state index is 11.8. The van der Waals surface area contributed by atoms with Crippen molar-refractivity contribution in [2.75, 3.05) is 32.2 Å². The average Bonchev–Trinajstić information content (AvgIpc) is 2.40. The van der Waals surface area contributed by atoms with Gasteiger partial charge in [-0.15, -0.1) is 0 Å². The molecule has 0 heterocycles. The average molecular weight is 302 g/mol. The van der Waals surface area contributed by atoms with Crippen LogP contribution in [0.5, 0.6) is 0 Å². The van der Waals surface area contributed by atoms with E-state index >= 15 is 0 Å². The highest BCUT2D eigenvalue weighted by molar-refractivity contribution is 7.89. The minimum absolute atomic E-state index is 0.0128. The Morgan fingerprint density at radius 2 is 1.95 bits per heavy atom. The van der Waals surface area contributed by atoms with Crippen LogP contribution < -0.4 is 10.0 Å². The molecule has 1 atom stereocenters. The molecule has 0 aliphatic rings. The molecule has 20 heavy (non-hydrogen) atoms. The fourth-order valence-corrected chi connectivity index (χ4v) is 2.83. The van der Waals surface area contributed by atoms with Gasteiger partial charge in [0.1, 0.15) is 0 Å². The van der Waals surface area contributed by atoms with Crippen molar-refractivity contribution in [1.29, 1.82) is 0 Å². The highest BCUT2D eigenvalue weighted by Crippen LogP contribution is 2.15. The summed E-state index contributed by atoms with van der Waals surface area (Å²) in [4.78, 5) is 0.232. The number of ether oxygens (including phenoxy) is 1. The number of hydrogen-bond donors (Lipinski definition) is 3. The summed E-state index contributed by atoms with van der Waals surface area (Å²) in [6.07, 6.45) is 0.561. The van der Waals surface area contributed by atoms with Crippen molar-refractivity contribution < 1.29 is 18.3 Å². The Morgan fingerprint density at radius 1 is 1.30 bits per heavy atom.